The van der Waals surface area contributed by atoms with Crippen molar-refractivity contribution in [1.29, 1.82) is 0 Å². The Hall–Kier alpha value is -3.13. The van der Waals surface area contributed by atoms with Crippen molar-refractivity contribution in [3.63, 3.8) is 0 Å². The van der Waals surface area contributed by atoms with Gasteiger partial charge in [-0.2, -0.15) is 14.6 Å². The largest absolute Gasteiger partial charge is 0.379 e. The Balaban J connectivity index is 1.45. The fraction of sp³-hybridized carbons (Fsp3) is 0.278. The summed E-state index contributed by atoms with van der Waals surface area (Å²) in [7, 11) is 0. The van der Waals surface area contributed by atoms with Crippen LogP contribution in [-0.2, 0) is 4.74 Å². The fourth-order valence-electron chi connectivity index (χ4n) is 3.27. The quantitative estimate of drug-likeness (QED) is 0.525. The van der Waals surface area contributed by atoms with E-state index < -0.39 is 0 Å². The Bertz CT molecular complexity index is 1080. The number of H-pyrrole nitrogens is 1. The van der Waals surface area contributed by atoms with Crippen LogP contribution >= 0.6 is 0 Å². The number of nitrogens with one attached hydrogen (secondary N) is 3. The highest BCUT2D eigenvalue weighted by Gasteiger charge is 2.17. The summed E-state index contributed by atoms with van der Waals surface area (Å²) < 4.78 is 7.26. The van der Waals surface area contributed by atoms with E-state index in [9.17, 15) is 0 Å². The Morgan fingerprint density at radius 3 is 3.12 bits per heavy atom. The molecule has 1 aliphatic heterocycles. The molecule has 0 bridgehead atoms. The lowest BCUT2D eigenvalue weighted by Gasteiger charge is -2.12. The lowest BCUT2D eigenvalue weighted by Crippen LogP contribution is -2.20. The molecule has 1 atom stereocenters. The molecule has 3 aromatic heterocycles. The number of nitrogens with zero attached hydrogens (tertiary/aromatic N) is 4. The monoisotopic (exact) mass is 349 g/mol. The SMILES string of the molecule is Cc1[nH]nc2ccc(Nc3nc4cccc(NC5CCOC5)n4n3)cc12. The first-order valence-electron chi connectivity index (χ1n) is 8.68. The molecule has 3 N–H and O–H groups in total. The van der Waals surface area contributed by atoms with Crippen LogP contribution in [0.2, 0.25) is 0 Å². The summed E-state index contributed by atoms with van der Waals surface area (Å²) in [5.41, 5.74) is 3.70. The summed E-state index contributed by atoms with van der Waals surface area (Å²) in [5, 5.41) is 19.7. The molecule has 0 radical (unpaired) electrons. The molecule has 8 nitrogen and oxygen atoms in total. The number of hydrogen-bond acceptors (Lipinski definition) is 6. The molecule has 8 heteroatoms. The lowest BCUT2D eigenvalue weighted by molar-refractivity contribution is 0.195. The first-order chi connectivity index (χ1) is 12.8. The summed E-state index contributed by atoms with van der Waals surface area (Å²) in [5.74, 6) is 1.47. The summed E-state index contributed by atoms with van der Waals surface area (Å²) in [6.45, 7) is 3.53. The van der Waals surface area contributed by atoms with Gasteiger partial charge >= 0.3 is 0 Å². The molecule has 132 valence electrons. The molecule has 5 rings (SSSR count). The van der Waals surface area contributed by atoms with E-state index in [4.69, 9.17) is 4.74 Å². The standard InChI is InChI=1S/C18H19N7O/c1-11-14-9-12(5-6-15(14)23-22-11)20-18-21-17-4-2-3-16(25(17)24-18)19-13-7-8-26-10-13/h2-6,9,13,19H,7-8,10H2,1H3,(H,20,24)(H,22,23). The van der Waals surface area contributed by atoms with Crippen molar-refractivity contribution in [3.05, 3.63) is 42.1 Å². The summed E-state index contributed by atoms with van der Waals surface area (Å²) >= 11 is 0. The number of aryl methyl sites for hydroxylation is 1. The Kier molecular flexibility index (Phi) is 3.49. The molecule has 1 saturated heterocycles. The number of rotatable bonds is 4. The molecule has 1 aromatic carbocycles. The minimum Gasteiger partial charge on any atom is -0.379 e. The Labute approximate surface area is 149 Å². The number of aromatic nitrogens is 5. The van der Waals surface area contributed by atoms with Crippen molar-refractivity contribution in [2.45, 2.75) is 19.4 Å². The van der Waals surface area contributed by atoms with Crippen molar-refractivity contribution in [2.24, 2.45) is 0 Å². The van der Waals surface area contributed by atoms with Crippen LogP contribution in [-0.4, -0.2) is 44.1 Å². The van der Waals surface area contributed by atoms with Crippen LogP contribution in [0.1, 0.15) is 12.1 Å². The van der Waals surface area contributed by atoms with Crippen LogP contribution in [0.3, 0.4) is 0 Å². The van der Waals surface area contributed by atoms with Gasteiger partial charge in [-0.05, 0) is 43.7 Å². The van der Waals surface area contributed by atoms with Crippen LogP contribution < -0.4 is 10.6 Å². The molecule has 0 amide bonds. The Morgan fingerprint density at radius 1 is 1.27 bits per heavy atom. The maximum Gasteiger partial charge on any atom is 0.247 e. The van der Waals surface area contributed by atoms with Gasteiger partial charge in [0.1, 0.15) is 5.82 Å². The topological polar surface area (TPSA) is 92.2 Å². The van der Waals surface area contributed by atoms with Crippen molar-refractivity contribution in [1.82, 2.24) is 24.8 Å². The van der Waals surface area contributed by atoms with Crippen LogP contribution in [0.5, 0.6) is 0 Å². The van der Waals surface area contributed by atoms with Gasteiger partial charge in [0.15, 0.2) is 5.65 Å². The van der Waals surface area contributed by atoms with Gasteiger partial charge < -0.3 is 15.4 Å². The van der Waals surface area contributed by atoms with Crippen LogP contribution in [0.4, 0.5) is 17.5 Å². The van der Waals surface area contributed by atoms with Gasteiger partial charge in [-0.1, -0.05) is 6.07 Å². The number of hydrogen-bond donors (Lipinski definition) is 3. The van der Waals surface area contributed by atoms with Gasteiger partial charge in [-0.15, -0.1) is 5.10 Å². The van der Waals surface area contributed by atoms with E-state index in [0.29, 0.717) is 12.0 Å². The second kappa shape index (κ2) is 5.99. The molecule has 0 spiro atoms. The maximum atomic E-state index is 5.44. The summed E-state index contributed by atoms with van der Waals surface area (Å²) in [4.78, 5) is 4.58. The number of aromatic amines is 1. The van der Waals surface area contributed by atoms with Crippen LogP contribution in [0.15, 0.2) is 36.4 Å². The molecule has 0 saturated carbocycles. The third-order valence-corrected chi connectivity index (χ3v) is 4.64. The minimum absolute atomic E-state index is 0.313. The molecule has 1 unspecified atom stereocenters. The van der Waals surface area contributed by atoms with Crippen molar-refractivity contribution in [3.8, 4) is 0 Å². The van der Waals surface area contributed by atoms with Crippen molar-refractivity contribution in [2.75, 3.05) is 23.8 Å². The van der Waals surface area contributed by atoms with E-state index in [0.717, 1.165) is 53.4 Å². The Morgan fingerprint density at radius 2 is 2.23 bits per heavy atom. The number of fused-ring (bicyclic) bond motifs is 2. The molecule has 4 heterocycles. The normalized spacial score (nSPS) is 17.2. The predicted molar refractivity (Wildman–Crippen MR) is 99.9 cm³/mol. The van der Waals surface area contributed by atoms with Gasteiger partial charge in [0.25, 0.3) is 0 Å². The highest BCUT2D eigenvalue weighted by atomic mass is 16.5. The van der Waals surface area contributed by atoms with Gasteiger partial charge in [-0.3, -0.25) is 5.10 Å². The zero-order chi connectivity index (χ0) is 17.5. The van der Waals surface area contributed by atoms with E-state index in [1.807, 2.05) is 41.8 Å². The van der Waals surface area contributed by atoms with E-state index in [2.05, 4.69) is 37.0 Å². The van der Waals surface area contributed by atoms with Crippen molar-refractivity contribution >= 4 is 34.0 Å². The van der Waals surface area contributed by atoms with Crippen LogP contribution in [0.25, 0.3) is 16.6 Å². The van der Waals surface area contributed by atoms with Crippen molar-refractivity contribution < 1.29 is 4.74 Å². The third-order valence-electron chi connectivity index (χ3n) is 4.64. The number of pyridine rings is 1. The van der Waals surface area contributed by atoms with E-state index in [1.165, 1.54) is 0 Å². The molecule has 0 aliphatic carbocycles. The van der Waals surface area contributed by atoms with E-state index >= 15 is 0 Å². The maximum absolute atomic E-state index is 5.44. The highest BCUT2D eigenvalue weighted by Crippen LogP contribution is 2.23. The van der Waals surface area contributed by atoms with Gasteiger partial charge in [-0.25, -0.2) is 0 Å². The highest BCUT2D eigenvalue weighted by molar-refractivity contribution is 5.85. The van der Waals surface area contributed by atoms with Gasteiger partial charge in [0, 0.05) is 23.4 Å². The van der Waals surface area contributed by atoms with Crippen LogP contribution in [0, 0.1) is 6.92 Å². The van der Waals surface area contributed by atoms with E-state index in [1.54, 1.807) is 0 Å². The fourth-order valence-corrected chi connectivity index (χ4v) is 3.27. The zero-order valence-electron chi connectivity index (χ0n) is 14.4. The predicted octanol–water partition coefficient (Wildman–Crippen LogP) is 2.86. The lowest BCUT2D eigenvalue weighted by atomic mass is 10.2. The van der Waals surface area contributed by atoms with E-state index in [-0.39, 0.29) is 0 Å². The third kappa shape index (κ3) is 2.64. The first-order valence-corrected chi connectivity index (χ1v) is 8.68. The second-order valence-corrected chi connectivity index (χ2v) is 6.53. The molecule has 26 heavy (non-hydrogen) atoms. The average Bonchev–Trinajstić information content (AvgIpc) is 3.36. The van der Waals surface area contributed by atoms with Gasteiger partial charge in [0.2, 0.25) is 5.95 Å². The molecular formula is C18H19N7O. The second-order valence-electron chi connectivity index (χ2n) is 6.53. The molecule has 1 fully saturated rings. The summed E-state index contributed by atoms with van der Waals surface area (Å²) in [6, 6.07) is 12.2. The smallest absolute Gasteiger partial charge is 0.247 e. The molecule has 4 aromatic rings. The molecular weight excluding hydrogens is 330 g/mol. The minimum atomic E-state index is 0.313. The molecule has 1 aliphatic rings. The van der Waals surface area contributed by atoms with Gasteiger partial charge in [0.05, 0.1) is 18.2 Å². The number of benzene rings is 1. The summed E-state index contributed by atoms with van der Waals surface area (Å²) in [6.07, 6.45) is 1.00. The first kappa shape index (κ1) is 15.2. The zero-order valence-corrected chi connectivity index (χ0v) is 14.4. The average molecular weight is 349 g/mol. The number of anilines is 3. The number of ether oxygens (including phenoxy) is 1.